The van der Waals surface area contributed by atoms with E-state index in [0.29, 0.717) is 19.0 Å². The Morgan fingerprint density at radius 1 is 1.39 bits per heavy atom. The number of carbonyl (C=O) groups is 1. The lowest BCUT2D eigenvalue weighted by molar-refractivity contribution is -0.121. The average molecular weight is 252 g/mol. The number of halogens is 1. The van der Waals surface area contributed by atoms with Crippen LogP contribution in [-0.4, -0.2) is 18.5 Å². The normalized spacial score (nSPS) is 10.7. The van der Waals surface area contributed by atoms with Crippen molar-refractivity contribution < 1.29 is 9.18 Å². The van der Waals surface area contributed by atoms with Crippen molar-refractivity contribution in [1.29, 1.82) is 0 Å². The van der Waals surface area contributed by atoms with Crippen LogP contribution in [-0.2, 0) is 11.3 Å². The van der Waals surface area contributed by atoms with Crippen LogP contribution >= 0.6 is 0 Å². The minimum absolute atomic E-state index is 0.00446. The van der Waals surface area contributed by atoms with E-state index < -0.39 is 0 Å². The predicted octanol–water partition coefficient (Wildman–Crippen LogP) is 2.22. The molecule has 0 aliphatic heterocycles. The summed E-state index contributed by atoms with van der Waals surface area (Å²) < 4.78 is 12.9. The van der Waals surface area contributed by atoms with Crippen LogP contribution in [0.25, 0.3) is 0 Å². The van der Waals surface area contributed by atoms with E-state index in [0.717, 1.165) is 18.5 Å². The molecule has 1 aromatic carbocycles. The molecule has 1 rings (SSSR count). The molecular weight excluding hydrogens is 231 g/mol. The van der Waals surface area contributed by atoms with Crippen LogP contribution in [0.3, 0.4) is 0 Å². The fourth-order valence-electron chi connectivity index (χ4n) is 1.58. The van der Waals surface area contributed by atoms with Gasteiger partial charge in [-0.25, -0.2) is 4.39 Å². The Morgan fingerprint density at radius 2 is 2.17 bits per heavy atom. The van der Waals surface area contributed by atoms with Gasteiger partial charge in [-0.15, -0.1) is 0 Å². The van der Waals surface area contributed by atoms with E-state index in [1.54, 1.807) is 12.1 Å². The van der Waals surface area contributed by atoms with Crippen molar-refractivity contribution in [3.63, 3.8) is 0 Å². The van der Waals surface area contributed by atoms with E-state index >= 15 is 0 Å². The average Bonchev–Trinajstić information content (AvgIpc) is 2.32. The third kappa shape index (κ3) is 6.35. The van der Waals surface area contributed by atoms with Gasteiger partial charge in [0.15, 0.2) is 0 Å². The molecule has 0 aromatic heterocycles. The molecule has 1 aromatic rings. The zero-order valence-corrected chi connectivity index (χ0v) is 11.0. The Labute approximate surface area is 108 Å². The summed E-state index contributed by atoms with van der Waals surface area (Å²) in [7, 11) is 0. The zero-order chi connectivity index (χ0) is 13.4. The van der Waals surface area contributed by atoms with Crippen LogP contribution in [0, 0.1) is 5.82 Å². The Balaban J connectivity index is 2.17. The van der Waals surface area contributed by atoms with E-state index in [9.17, 15) is 9.18 Å². The molecule has 100 valence electrons. The summed E-state index contributed by atoms with van der Waals surface area (Å²) in [5.74, 6) is -0.271. The van der Waals surface area contributed by atoms with Gasteiger partial charge in [-0.3, -0.25) is 4.79 Å². The fraction of sp³-hybridized carbons (Fsp3) is 0.500. The highest BCUT2D eigenvalue weighted by molar-refractivity contribution is 5.75. The van der Waals surface area contributed by atoms with Crippen molar-refractivity contribution in [3.8, 4) is 0 Å². The molecule has 0 bridgehead atoms. The molecule has 0 aliphatic rings. The summed E-state index contributed by atoms with van der Waals surface area (Å²) in [6.07, 6.45) is 1.31. The van der Waals surface area contributed by atoms with Gasteiger partial charge >= 0.3 is 0 Å². The Kier molecular flexibility index (Phi) is 6.36. The molecule has 3 nitrogen and oxygen atoms in total. The molecule has 0 saturated carbocycles. The minimum Gasteiger partial charge on any atom is -0.352 e. The predicted molar refractivity (Wildman–Crippen MR) is 70.6 cm³/mol. The molecule has 1 amide bonds. The summed E-state index contributed by atoms with van der Waals surface area (Å²) in [5.41, 5.74) is 0.781. The van der Waals surface area contributed by atoms with Crippen LogP contribution in [0.2, 0.25) is 0 Å². The Bertz CT molecular complexity index is 380. The van der Waals surface area contributed by atoms with Crippen LogP contribution < -0.4 is 10.6 Å². The van der Waals surface area contributed by atoms with Gasteiger partial charge in [-0.2, -0.15) is 0 Å². The number of hydrogen-bond acceptors (Lipinski definition) is 2. The molecule has 0 atom stereocenters. The van der Waals surface area contributed by atoms with Gasteiger partial charge in [0.25, 0.3) is 0 Å². The molecule has 0 heterocycles. The highest BCUT2D eigenvalue weighted by Crippen LogP contribution is 2.03. The number of carbonyl (C=O) groups excluding carboxylic acids is 1. The first-order chi connectivity index (χ1) is 8.58. The minimum atomic E-state index is -0.275. The zero-order valence-electron chi connectivity index (χ0n) is 11.0. The quantitative estimate of drug-likeness (QED) is 0.731. The van der Waals surface area contributed by atoms with E-state index in [1.165, 1.54) is 12.1 Å². The highest BCUT2D eigenvalue weighted by atomic mass is 19.1. The third-order valence-corrected chi connectivity index (χ3v) is 2.51. The second kappa shape index (κ2) is 7.82. The first-order valence-corrected chi connectivity index (χ1v) is 6.32. The molecule has 0 spiro atoms. The Morgan fingerprint density at radius 3 is 2.83 bits per heavy atom. The first kappa shape index (κ1) is 14.6. The van der Waals surface area contributed by atoms with Gasteiger partial charge < -0.3 is 10.6 Å². The van der Waals surface area contributed by atoms with Crippen molar-refractivity contribution in [2.45, 2.75) is 39.3 Å². The molecule has 18 heavy (non-hydrogen) atoms. The highest BCUT2D eigenvalue weighted by Gasteiger charge is 2.02. The molecule has 4 heteroatoms. The number of nitrogens with one attached hydrogen (secondary N) is 2. The van der Waals surface area contributed by atoms with E-state index in [-0.39, 0.29) is 11.7 Å². The van der Waals surface area contributed by atoms with Gasteiger partial charge in [0.2, 0.25) is 5.91 Å². The summed E-state index contributed by atoms with van der Waals surface area (Å²) in [6.45, 7) is 5.37. The van der Waals surface area contributed by atoms with Crippen molar-refractivity contribution >= 4 is 5.91 Å². The van der Waals surface area contributed by atoms with Crippen molar-refractivity contribution in [1.82, 2.24) is 10.6 Å². The van der Waals surface area contributed by atoms with Gasteiger partial charge in [0.1, 0.15) is 5.82 Å². The molecule has 2 N–H and O–H groups in total. The third-order valence-electron chi connectivity index (χ3n) is 2.51. The first-order valence-electron chi connectivity index (χ1n) is 6.32. The topological polar surface area (TPSA) is 41.1 Å². The van der Waals surface area contributed by atoms with Crippen LogP contribution in [0.15, 0.2) is 24.3 Å². The SMILES string of the molecule is CC(C)NCCCC(=O)NCc1cccc(F)c1. The van der Waals surface area contributed by atoms with E-state index in [1.807, 2.05) is 0 Å². The largest absolute Gasteiger partial charge is 0.352 e. The molecule has 0 saturated heterocycles. The van der Waals surface area contributed by atoms with Gasteiger partial charge in [0, 0.05) is 19.0 Å². The molecule has 0 unspecified atom stereocenters. The number of rotatable bonds is 7. The molecular formula is C14H21FN2O. The Hall–Kier alpha value is -1.42. The summed E-state index contributed by atoms with van der Waals surface area (Å²) in [5, 5.41) is 6.03. The van der Waals surface area contributed by atoms with Crippen molar-refractivity contribution in [2.24, 2.45) is 0 Å². The number of benzene rings is 1. The van der Waals surface area contributed by atoms with Crippen LogP contribution in [0.1, 0.15) is 32.3 Å². The maximum Gasteiger partial charge on any atom is 0.220 e. The molecule has 0 fully saturated rings. The summed E-state index contributed by atoms with van der Waals surface area (Å²) in [4.78, 5) is 11.5. The number of hydrogen-bond donors (Lipinski definition) is 2. The van der Waals surface area contributed by atoms with E-state index in [4.69, 9.17) is 0 Å². The van der Waals surface area contributed by atoms with E-state index in [2.05, 4.69) is 24.5 Å². The van der Waals surface area contributed by atoms with Gasteiger partial charge in [-0.1, -0.05) is 26.0 Å². The summed E-state index contributed by atoms with van der Waals surface area (Å²) >= 11 is 0. The lowest BCUT2D eigenvalue weighted by Crippen LogP contribution is -2.27. The monoisotopic (exact) mass is 252 g/mol. The second-order valence-electron chi connectivity index (χ2n) is 4.62. The molecule has 0 radical (unpaired) electrons. The van der Waals surface area contributed by atoms with Crippen molar-refractivity contribution in [2.75, 3.05) is 6.54 Å². The smallest absolute Gasteiger partial charge is 0.220 e. The van der Waals surface area contributed by atoms with Crippen LogP contribution in [0.4, 0.5) is 4.39 Å². The fourth-order valence-corrected chi connectivity index (χ4v) is 1.58. The molecule has 0 aliphatic carbocycles. The number of amides is 1. The lowest BCUT2D eigenvalue weighted by Gasteiger charge is -2.08. The van der Waals surface area contributed by atoms with Crippen molar-refractivity contribution in [3.05, 3.63) is 35.6 Å². The van der Waals surface area contributed by atoms with Gasteiger partial charge in [-0.05, 0) is 30.7 Å². The second-order valence-corrected chi connectivity index (χ2v) is 4.62. The van der Waals surface area contributed by atoms with Gasteiger partial charge in [0.05, 0.1) is 0 Å². The maximum atomic E-state index is 12.9. The maximum absolute atomic E-state index is 12.9. The lowest BCUT2D eigenvalue weighted by atomic mass is 10.2. The standard InChI is InChI=1S/C14H21FN2O/c1-11(2)16-8-4-7-14(18)17-10-12-5-3-6-13(15)9-12/h3,5-6,9,11,16H,4,7-8,10H2,1-2H3,(H,17,18). The van der Waals surface area contributed by atoms with Crippen LogP contribution in [0.5, 0.6) is 0 Å². The summed E-state index contributed by atoms with van der Waals surface area (Å²) in [6, 6.07) is 6.71.